The van der Waals surface area contributed by atoms with E-state index < -0.39 is 17.6 Å². The number of hydrogen-bond acceptors (Lipinski definition) is 2. The molecule has 1 aromatic carbocycles. The Kier molecular flexibility index (Phi) is 4.13. The predicted octanol–water partition coefficient (Wildman–Crippen LogP) is 4.51. The van der Waals surface area contributed by atoms with Crippen molar-refractivity contribution in [2.24, 2.45) is 0 Å². The average Bonchev–Trinajstić information content (AvgIpc) is 2.38. The lowest BCUT2D eigenvalue weighted by Crippen LogP contribution is -2.12. The number of nitrogens with zero attached hydrogens (tertiary/aromatic N) is 1. The molecule has 0 radical (unpaired) electrons. The molecular formula is C13H9ClF4N2. The summed E-state index contributed by atoms with van der Waals surface area (Å²) in [5.74, 6) is -0.930. The lowest BCUT2D eigenvalue weighted by molar-refractivity contribution is -0.138. The topological polar surface area (TPSA) is 24.9 Å². The van der Waals surface area contributed by atoms with Gasteiger partial charge in [0.25, 0.3) is 0 Å². The van der Waals surface area contributed by atoms with E-state index in [0.717, 1.165) is 12.1 Å². The van der Waals surface area contributed by atoms with E-state index in [-0.39, 0.29) is 12.1 Å². The lowest BCUT2D eigenvalue weighted by atomic mass is 10.1. The van der Waals surface area contributed by atoms with Gasteiger partial charge in [0, 0.05) is 12.7 Å². The second-order valence-corrected chi connectivity index (χ2v) is 4.42. The zero-order valence-corrected chi connectivity index (χ0v) is 10.8. The molecule has 0 spiro atoms. The zero-order valence-electron chi connectivity index (χ0n) is 10.0. The molecule has 106 valence electrons. The minimum Gasteiger partial charge on any atom is -0.378 e. The minimum absolute atomic E-state index is 0.0705. The molecule has 2 aromatic rings. The molecule has 0 saturated carbocycles. The van der Waals surface area contributed by atoms with E-state index in [0.29, 0.717) is 16.8 Å². The first-order valence-electron chi connectivity index (χ1n) is 5.57. The predicted molar refractivity (Wildman–Crippen MR) is 68.0 cm³/mol. The van der Waals surface area contributed by atoms with Crippen molar-refractivity contribution in [2.75, 3.05) is 5.32 Å². The van der Waals surface area contributed by atoms with Crippen LogP contribution in [-0.2, 0) is 12.7 Å². The van der Waals surface area contributed by atoms with Crippen LogP contribution in [0.5, 0.6) is 0 Å². The van der Waals surface area contributed by atoms with E-state index in [1.165, 1.54) is 18.5 Å². The SMILES string of the molecule is Fc1ccc(CNc2cnccc2Cl)c(C(F)(F)F)c1. The number of nitrogens with one attached hydrogen (secondary N) is 1. The first kappa shape index (κ1) is 14.6. The fourth-order valence-electron chi connectivity index (χ4n) is 1.66. The van der Waals surface area contributed by atoms with E-state index in [2.05, 4.69) is 10.3 Å². The first-order chi connectivity index (χ1) is 9.38. The highest BCUT2D eigenvalue weighted by molar-refractivity contribution is 6.33. The van der Waals surface area contributed by atoms with Crippen LogP contribution in [0.3, 0.4) is 0 Å². The van der Waals surface area contributed by atoms with Crippen molar-refractivity contribution in [3.63, 3.8) is 0 Å². The second-order valence-electron chi connectivity index (χ2n) is 4.01. The monoisotopic (exact) mass is 304 g/mol. The van der Waals surface area contributed by atoms with Crippen LogP contribution in [0.4, 0.5) is 23.2 Å². The minimum atomic E-state index is -4.61. The normalized spacial score (nSPS) is 11.4. The Bertz CT molecular complexity index is 614. The number of hydrogen-bond donors (Lipinski definition) is 1. The van der Waals surface area contributed by atoms with Gasteiger partial charge >= 0.3 is 6.18 Å². The molecule has 0 aliphatic rings. The molecule has 1 aromatic heterocycles. The molecule has 0 atom stereocenters. The second kappa shape index (κ2) is 5.66. The lowest BCUT2D eigenvalue weighted by Gasteiger charge is -2.14. The Morgan fingerprint density at radius 1 is 1.20 bits per heavy atom. The highest BCUT2D eigenvalue weighted by Crippen LogP contribution is 2.33. The van der Waals surface area contributed by atoms with Gasteiger partial charge in [-0.05, 0) is 23.8 Å². The number of halogens is 5. The van der Waals surface area contributed by atoms with E-state index in [4.69, 9.17) is 11.6 Å². The molecule has 1 heterocycles. The molecule has 0 aliphatic heterocycles. The zero-order chi connectivity index (χ0) is 14.8. The number of rotatable bonds is 3. The highest BCUT2D eigenvalue weighted by Gasteiger charge is 2.33. The van der Waals surface area contributed by atoms with Gasteiger partial charge in [0.05, 0.1) is 22.5 Å². The molecule has 2 nitrogen and oxygen atoms in total. The van der Waals surface area contributed by atoms with Gasteiger partial charge in [-0.3, -0.25) is 4.98 Å². The van der Waals surface area contributed by atoms with Crippen LogP contribution in [0.15, 0.2) is 36.7 Å². The Hall–Kier alpha value is -1.82. The molecule has 2 rings (SSSR count). The van der Waals surface area contributed by atoms with E-state index >= 15 is 0 Å². The maximum absolute atomic E-state index is 13.0. The Balaban J connectivity index is 2.24. The van der Waals surface area contributed by atoms with Crippen molar-refractivity contribution in [2.45, 2.75) is 12.7 Å². The summed E-state index contributed by atoms with van der Waals surface area (Å²) < 4.78 is 51.4. The molecule has 0 aliphatic carbocycles. The number of benzene rings is 1. The summed E-state index contributed by atoms with van der Waals surface area (Å²) in [5, 5.41) is 3.09. The summed E-state index contributed by atoms with van der Waals surface area (Å²) in [5.41, 5.74) is -0.671. The molecule has 0 unspecified atom stereocenters. The molecule has 20 heavy (non-hydrogen) atoms. The maximum atomic E-state index is 13.0. The van der Waals surface area contributed by atoms with E-state index in [1.807, 2.05) is 0 Å². The first-order valence-corrected chi connectivity index (χ1v) is 5.95. The van der Waals surface area contributed by atoms with Crippen molar-refractivity contribution in [3.05, 3.63) is 58.6 Å². The number of aromatic nitrogens is 1. The van der Waals surface area contributed by atoms with Crippen LogP contribution in [0.25, 0.3) is 0 Å². The Morgan fingerprint density at radius 3 is 2.60 bits per heavy atom. The third kappa shape index (κ3) is 3.39. The van der Waals surface area contributed by atoms with E-state index in [1.54, 1.807) is 0 Å². The standard InChI is InChI=1S/C13H9ClF4N2/c14-11-3-4-19-7-12(11)20-6-8-1-2-9(15)5-10(8)13(16,17)18/h1-5,7,20H,6H2. The fraction of sp³-hybridized carbons (Fsp3) is 0.154. The van der Waals surface area contributed by atoms with Gasteiger partial charge in [0.15, 0.2) is 0 Å². The fourth-order valence-corrected chi connectivity index (χ4v) is 1.84. The molecular weight excluding hydrogens is 296 g/mol. The van der Waals surface area contributed by atoms with Gasteiger partial charge in [0.2, 0.25) is 0 Å². The van der Waals surface area contributed by atoms with Crippen LogP contribution in [0, 0.1) is 5.82 Å². The largest absolute Gasteiger partial charge is 0.416 e. The van der Waals surface area contributed by atoms with Crippen LogP contribution in [0.1, 0.15) is 11.1 Å². The van der Waals surface area contributed by atoms with E-state index in [9.17, 15) is 17.6 Å². The summed E-state index contributed by atoms with van der Waals surface area (Å²) in [6, 6.07) is 4.06. The van der Waals surface area contributed by atoms with Crippen LogP contribution < -0.4 is 5.32 Å². The molecule has 0 fully saturated rings. The number of anilines is 1. The van der Waals surface area contributed by atoms with Crippen molar-refractivity contribution in [3.8, 4) is 0 Å². The summed E-state index contributed by atoms with van der Waals surface area (Å²) >= 11 is 5.86. The Morgan fingerprint density at radius 2 is 1.95 bits per heavy atom. The summed E-state index contributed by atoms with van der Waals surface area (Å²) in [7, 11) is 0. The third-order valence-electron chi connectivity index (χ3n) is 2.61. The number of alkyl halides is 3. The quantitative estimate of drug-likeness (QED) is 0.844. The van der Waals surface area contributed by atoms with Gasteiger partial charge in [-0.2, -0.15) is 13.2 Å². The molecule has 0 bridgehead atoms. The van der Waals surface area contributed by atoms with Gasteiger partial charge in [-0.25, -0.2) is 4.39 Å². The van der Waals surface area contributed by atoms with Gasteiger partial charge in [-0.1, -0.05) is 17.7 Å². The van der Waals surface area contributed by atoms with Crippen molar-refractivity contribution < 1.29 is 17.6 Å². The van der Waals surface area contributed by atoms with Gasteiger partial charge in [0.1, 0.15) is 5.82 Å². The molecule has 7 heteroatoms. The van der Waals surface area contributed by atoms with Crippen molar-refractivity contribution in [1.29, 1.82) is 0 Å². The highest BCUT2D eigenvalue weighted by atomic mass is 35.5. The summed E-state index contributed by atoms with van der Waals surface area (Å²) in [4.78, 5) is 3.81. The van der Waals surface area contributed by atoms with Gasteiger partial charge in [-0.15, -0.1) is 0 Å². The number of pyridine rings is 1. The van der Waals surface area contributed by atoms with Gasteiger partial charge < -0.3 is 5.32 Å². The molecule has 0 amide bonds. The molecule has 0 saturated heterocycles. The molecule has 1 N–H and O–H groups in total. The summed E-state index contributed by atoms with van der Waals surface area (Å²) in [6.07, 6.45) is -1.75. The average molecular weight is 305 g/mol. The maximum Gasteiger partial charge on any atom is 0.416 e. The van der Waals surface area contributed by atoms with Crippen LogP contribution in [0.2, 0.25) is 5.02 Å². The smallest absolute Gasteiger partial charge is 0.378 e. The van der Waals surface area contributed by atoms with Crippen LogP contribution in [-0.4, -0.2) is 4.98 Å². The summed E-state index contributed by atoms with van der Waals surface area (Å²) in [6.45, 7) is -0.138. The van der Waals surface area contributed by atoms with Crippen molar-refractivity contribution >= 4 is 17.3 Å². The third-order valence-corrected chi connectivity index (χ3v) is 2.94. The van der Waals surface area contributed by atoms with Crippen LogP contribution >= 0.6 is 11.6 Å². The Labute approximate surface area is 117 Å². The van der Waals surface area contributed by atoms with Crippen molar-refractivity contribution in [1.82, 2.24) is 4.98 Å².